The molecule has 1 aromatic carbocycles. The molecule has 2 rings (SSSR count). The zero-order valence-corrected chi connectivity index (χ0v) is 12.9. The minimum absolute atomic E-state index is 0.00353. The first-order chi connectivity index (χ1) is 11.0. The van der Waals surface area contributed by atoms with Crippen molar-refractivity contribution in [2.45, 2.75) is 19.9 Å². The van der Waals surface area contributed by atoms with E-state index in [4.69, 9.17) is 16.3 Å². The van der Waals surface area contributed by atoms with Gasteiger partial charge in [0.25, 0.3) is 0 Å². The van der Waals surface area contributed by atoms with E-state index >= 15 is 0 Å². The largest absolute Gasteiger partial charge is 0.461 e. The summed E-state index contributed by atoms with van der Waals surface area (Å²) in [5.74, 6) is -1.97. The number of ether oxygens (including phenoxy) is 1. The second kappa shape index (κ2) is 7.32. The lowest BCUT2D eigenvalue weighted by Crippen LogP contribution is -2.10. The number of benzene rings is 1. The van der Waals surface area contributed by atoms with Crippen molar-refractivity contribution in [2.75, 3.05) is 6.61 Å². The number of esters is 1. The second-order valence-corrected chi connectivity index (χ2v) is 4.96. The summed E-state index contributed by atoms with van der Waals surface area (Å²) in [6, 6.07) is 2.99. The van der Waals surface area contributed by atoms with Crippen LogP contribution in [0.4, 0.5) is 8.78 Å². The first kappa shape index (κ1) is 17.1. The van der Waals surface area contributed by atoms with Crippen molar-refractivity contribution in [3.05, 3.63) is 51.8 Å². The summed E-state index contributed by atoms with van der Waals surface area (Å²) in [6.07, 6.45) is 0.428. The molecule has 0 aliphatic rings. The Bertz CT molecular complexity index is 747. The summed E-state index contributed by atoms with van der Waals surface area (Å²) in [6.45, 7) is 1.56. The molecular weight excluding hydrogens is 330 g/mol. The van der Waals surface area contributed by atoms with Crippen LogP contribution in [0.1, 0.15) is 28.5 Å². The van der Waals surface area contributed by atoms with Crippen molar-refractivity contribution in [3.63, 3.8) is 0 Å². The maximum Gasteiger partial charge on any atom is 0.359 e. The van der Waals surface area contributed by atoms with Crippen molar-refractivity contribution in [1.82, 2.24) is 9.78 Å². The Balaban J connectivity index is 2.42. The number of carbonyl (C=O) groups is 2. The van der Waals surface area contributed by atoms with Gasteiger partial charge in [0.1, 0.15) is 23.1 Å². The molecule has 0 spiro atoms. The molecule has 1 heterocycles. The Labute approximate surface area is 135 Å². The number of nitrogens with zero attached hydrogens (tertiary/aromatic N) is 2. The topological polar surface area (TPSA) is 61.2 Å². The fraction of sp³-hybridized carbons (Fsp3) is 0.267. The summed E-state index contributed by atoms with van der Waals surface area (Å²) < 4.78 is 32.9. The molecule has 1 aromatic heterocycles. The Kier molecular flexibility index (Phi) is 5.44. The fourth-order valence-corrected chi connectivity index (χ4v) is 2.30. The lowest BCUT2D eigenvalue weighted by atomic mass is 10.2. The van der Waals surface area contributed by atoms with E-state index in [9.17, 15) is 18.4 Å². The first-order valence-corrected chi connectivity index (χ1v) is 7.15. The van der Waals surface area contributed by atoms with Crippen molar-refractivity contribution < 1.29 is 23.1 Å². The summed E-state index contributed by atoms with van der Waals surface area (Å²) in [4.78, 5) is 22.6. The fourth-order valence-electron chi connectivity index (χ4n) is 2.04. The number of hydrogen-bond donors (Lipinski definition) is 0. The maximum atomic E-state index is 13.7. The summed E-state index contributed by atoms with van der Waals surface area (Å²) in [7, 11) is 0. The summed E-state index contributed by atoms with van der Waals surface area (Å²) in [5.41, 5.74) is 0.0974. The number of hydrogen-bond acceptors (Lipinski definition) is 4. The number of aromatic nitrogens is 2. The molecule has 0 saturated carbocycles. The van der Waals surface area contributed by atoms with Gasteiger partial charge in [0.15, 0.2) is 5.69 Å². The van der Waals surface area contributed by atoms with E-state index in [1.807, 2.05) is 0 Å². The van der Waals surface area contributed by atoms with Gasteiger partial charge in [-0.15, -0.1) is 0 Å². The van der Waals surface area contributed by atoms with Gasteiger partial charge in [-0.3, -0.25) is 0 Å². The van der Waals surface area contributed by atoms with E-state index in [1.54, 1.807) is 6.92 Å². The van der Waals surface area contributed by atoms with Crippen LogP contribution in [-0.4, -0.2) is 28.6 Å². The maximum absolute atomic E-state index is 13.7. The first-order valence-electron chi connectivity index (χ1n) is 6.77. The predicted octanol–water partition coefficient (Wildman–Crippen LogP) is 2.78. The van der Waals surface area contributed by atoms with Gasteiger partial charge in [-0.1, -0.05) is 11.6 Å². The molecule has 0 radical (unpaired) electrons. The monoisotopic (exact) mass is 342 g/mol. The molecule has 0 aliphatic carbocycles. The number of halogens is 3. The average Bonchev–Trinajstić information content (AvgIpc) is 2.81. The molecule has 8 heteroatoms. The van der Waals surface area contributed by atoms with Crippen LogP contribution in [0.25, 0.3) is 0 Å². The van der Waals surface area contributed by atoms with Gasteiger partial charge in [-0.25, -0.2) is 18.3 Å². The van der Waals surface area contributed by atoms with E-state index in [0.717, 1.165) is 22.9 Å². The van der Waals surface area contributed by atoms with E-state index in [2.05, 4.69) is 5.10 Å². The molecule has 0 atom stereocenters. The van der Waals surface area contributed by atoms with Crippen molar-refractivity contribution in [1.29, 1.82) is 0 Å². The van der Waals surface area contributed by atoms with Crippen LogP contribution < -0.4 is 0 Å². The van der Waals surface area contributed by atoms with Crippen LogP contribution in [-0.2, 0) is 22.5 Å². The van der Waals surface area contributed by atoms with E-state index in [1.165, 1.54) is 0 Å². The number of carbonyl (C=O) groups excluding carboxylic acids is 2. The van der Waals surface area contributed by atoms with E-state index in [0.29, 0.717) is 6.29 Å². The highest BCUT2D eigenvalue weighted by Gasteiger charge is 2.23. The molecule has 0 fully saturated rings. The molecule has 23 heavy (non-hydrogen) atoms. The highest BCUT2D eigenvalue weighted by atomic mass is 35.5. The third-order valence-electron chi connectivity index (χ3n) is 3.07. The van der Waals surface area contributed by atoms with Gasteiger partial charge in [-0.2, -0.15) is 5.10 Å². The van der Waals surface area contributed by atoms with Crippen LogP contribution in [0.5, 0.6) is 0 Å². The number of aldehydes is 1. The molecule has 0 saturated heterocycles. The van der Waals surface area contributed by atoms with Gasteiger partial charge < -0.3 is 9.53 Å². The predicted molar refractivity (Wildman–Crippen MR) is 78.4 cm³/mol. The molecule has 5 nitrogen and oxygen atoms in total. The summed E-state index contributed by atoms with van der Waals surface area (Å²) >= 11 is 6.11. The smallest absolute Gasteiger partial charge is 0.359 e. The SMILES string of the molecule is CCOC(=O)c1nn(Cc2cc(F)ccc2F)c(Cl)c1CC=O. The van der Waals surface area contributed by atoms with Crippen LogP contribution >= 0.6 is 11.6 Å². The van der Waals surface area contributed by atoms with E-state index in [-0.39, 0.29) is 41.5 Å². The van der Waals surface area contributed by atoms with Gasteiger partial charge >= 0.3 is 5.97 Å². The lowest BCUT2D eigenvalue weighted by molar-refractivity contribution is -0.107. The van der Waals surface area contributed by atoms with Crippen LogP contribution in [0.2, 0.25) is 5.15 Å². The van der Waals surface area contributed by atoms with Crippen LogP contribution in [0, 0.1) is 11.6 Å². The third-order valence-corrected chi connectivity index (χ3v) is 3.49. The molecule has 122 valence electrons. The van der Waals surface area contributed by atoms with Crippen LogP contribution in [0.3, 0.4) is 0 Å². The van der Waals surface area contributed by atoms with Crippen molar-refractivity contribution in [3.8, 4) is 0 Å². The Morgan fingerprint density at radius 2 is 2.17 bits per heavy atom. The third kappa shape index (κ3) is 3.73. The van der Waals surface area contributed by atoms with Gasteiger partial charge in [-0.05, 0) is 25.1 Å². The normalized spacial score (nSPS) is 10.6. The Morgan fingerprint density at radius 3 is 2.83 bits per heavy atom. The minimum atomic E-state index is -0.732. The standard InChI is InChI=1S/C15H13ClF2N2O3/c1-2-23-15(22)13-11(5-6-21)14(16)20(19-13)8-9-7-10(17)3-4-12(9)18/h3-4,6-7H,2,5,8H2,1H3. The molecular formula is C15H13ClF2N2O3. The van der Waals surface area contributed by atoms with Crippen LogP contribution in [0.15, 0.2) is 18.2 Å². The second-order valence-electron chi connectivity index (χ2n) is 4.60. The molecule has 2 aromatic rings. The highest BCUT2D eigenvalue weighted by Crippen LogP contribution is 2.23. The van der Waals surface area contributed by atoms with Gasteiger partial charge in [0, 0.05) is 17.5 Å². The summed E-state index contributed by atoms with van der Waals surface area (Å²) in [5, 5.41) is 3.98. The average molecular weight is 343 g/mol. The zero-order valence-electron chi connectivity index (χ0n) is 12.2. The zero-order chi connectivity index (χ0) is 17.0. The Hall–Kier alpha value is -2.28. The molecule has 0 unspecified atom stereocenters. The minimum Gasteiger partial charge on any atom is -0.461 e. The van der Waals surface area contributed by atoms with Gasteiger partial charge in [0.2, 0.25) is 0 Å². The quantitative estimate of drug-likeness (QED) is 0.598. The van der Waals surface area contributed by atoms with E-state index < -0.39 is 17.6 Å². The molecule has 0 amide bonds. The molecule has 0 aliphatic heterocycles. The van der Waals surface area contributed by atoms with Crippen molar-refractivity contribution >= 4 is 23.9 Å². The molecule has 0 N–H and O–H groups in total. The lowest BCUT2D eigenvalue weighted by Gasteiger charge is -2.05. The van der Waals surface area contributed by atoms with Crippen molar-refractivity contribution in [2.24, 2.45) is 0 Å². The highest BCUT2D eigenvalue weighted by molar-refractivity contribution is 6.31. The molecule has 0 bridgehead atoms. The number of rotatable bonds is 6. The Morgan fingerprint density at radius 1 is 1.43 bits per heavy atom. The van der Waals surface area contributed by atoms with Gasteiger partial charge in [0.05, 0.1) is 13.2 Å².